The van der Waals surface area contributed by atoms with Crippen molar-refractivity contribution in [1.82, 2.24) is 4.98 Å². The lowest BCUT2D eigenvalue weighted by Crippen LogP contribution is -1.84. The number of anilines is 1. The standard InChI is InChI=1S/C8H5N3S2/c9-3-5-6(4-13-7(5)10)8-11-1-2-12-8/h1-2,4H,10H2. The van der Waals surface area contributed by atoms with Crippen molar-refractivity contribution in [2.45, 2.75) is 0 Å². The number of thiazole rings is 1. The fourth-order valence-corrected chi connectivity index (χ4v) is 2.48. The van der Waals surface area contributed by atoms with E-state index in [0.29, 0.717) is 10.6 Å². The Hall–Kier alpha value is -1.38. The highest BCUT2D eigenvalue weighted by molar-refractivity contribution is 7.16. The monoisotopic (exact) mass is 207 g/mol. The molecule has 0 aliphatic rings. The first kappa shape index (κ1) is 8.23. The van der Waals surface area contributed by atoms with Crippen LogP contribution in [-0.4, -0.2) is 4.98 Å². The molecule has 2 N–H and O–H groups in total. The largest absolute Gasteiger partial charge is 0.389 e. The molecule has 2 aromatic heterocycles. The van der Waals surface area contributed by atoms with Crippen LogP contribution in [0.3, 0.4) is 0 Å². The van der Waals surface area contributed by atoms with Crippen LogP contribution in [-0.2, 0) is 0 Å². The summed E-state index contributed by atoms with van der Waals surface area (Å²) in [6.45, 7) is 0. The van der Waals surface area contributed by atoms with Gasteiger partial charge in [0.25, 0.3) is 0 Å². The molecule has 0 aromatic carbocycles. The molecule has 13 heavy (non-hydrogen) atoms. The van der Waals surface area contributed by atoms with Gasteiger partial charge in [0.1, 0.15) is 16.1 Å². The minimum absolute atomic E-state index is 0.542. The smallest absolute Gasteiger partial charge is 0.125 e. The second-order valence-corrected chi connectivity index (χ2v) is 4.14. The maximum absolute atomic E-state index is 8.84. The summed E-state index contributed by atoms with van der Waals surface area (Å²) in [4.78, 5) is 4.13. The van der Waals surface area contributed by atoms with Crippen LogP contribution in [0, 0.1) is 11.3 Å². The minimum atomic E-state index is 0.542. The Labute approximate surface area is 83.1 Å². The average molecular weight is 207 g/mol. The lowest BCUT2D eigenvalue weighted by Gasteiger charge is -1.90. The molecule has 3 nitrogen and oxygen atoms in total. The van der Waals surface area contributed by atoms with Gasteiger partial charge in [-0.1, -0.05) is 0 Å². The van der Waals surface area contributed by atoms with Crippen LogP contribution in [0.2, 0.25) is 0 Å². The lowest BCUT2D eigenvalue weighted by atomic mass is 10.2. The van der Waals surface area contributed by atoms with E-state index in [0.717, 1.165) is 10.6 Å². The van der Waals surface area contributed by atoms with Gasteiger partial charge < -0.3 is 5.73 Å². The van der Waals surface area contributed by atoms with Crippen molar-refractivity contribution in [3.63, 3.8) is 0 Å². The lowest BCUT2D eigenvalue weighted by molar-refractivity contribution is 1.41. The molecular formula is C8H5N3S2. The van der Waals surface area contributed by atoms with Crippen molar-refractivity contribution in [2.75, 3.05) is 5.73 Å². The van der Waals surface area contributed by atoms with E-state index < -0.39 is 0 Å². The van der Waals surface area contributed by atoms with Gasteiger partial charge in [0.05, 0.1) is 5.56 Å². The topological polar surface area (TPSA) is 62.7 Å². The number of nitrogen functional groups attached to an aromatic ring is 1. The molecule has 0 aliphatic heterocycles. The van der Waals surface area contributed by atoms with E-state index in [1.165, 1.54) is 22.7 Å². The van der Waals surface area contributed by atoms with E-state index in [4.69, 9.17) is 11.0 Å². The molecule has 2 rings (SSSR count). The SMILES string of the molecule is N#Cc1c(-c2nccs2)csc1N. The summed E-state index contributed by atoms with van der Waals surface area (Å²) in [6.07, 6.45) is 1.72. The highest BCUT2D eigenvalue weighted by atomic mass is 32.1. The Morgan fingerprint density at radius 3 is 2.92 bits per heavy atom. The molecule has 5 heteroatoms. The molecule has 2 aromatic rings. The predicted molar refractivity (Wildman–Crippen MR) is 54.6 cm³/mol. The number of nitrogens with two attached hydrogens (primary N) is 1. The van der Waals surface area contributed by atoms with Crippen molar-refractivity contribution in [3.8, 4) is 16.6 Å². The highest BCUT2D eigenvalue weighted by Crippen LogP contribution is 2.33. The molecular weight excluding hydrogens is 202 g/mol. The summed E-state index contributed by atoms with van der Waals surface area (Å²) >= 11 is 2.88. The summed E-state index contributed by atoms with van der Waals surface area (Å²) in [5, 5.41) is 14.0. The molecule has 0 spiro atoms. The zero-order valence-corrected chi connectivity index (χ0v) is 8.15. The fraction of sp³-hybridized carbons (Fsp3) is 0. The number of rotatable bonds is 1. The van der Waals surface area contributed by atoms with Crippen LogP contribution in [0.1, 0.15) is 5.56 Å². The Balaban J connectivity index is 2.60. The molecule has 0 radical (unpaired) electrons. The zero-order valence-electron chi connectivity index (χ0n) is 6.52. The van der Waals surface area contributed by atoms with Gasteiger partial charge in [0, 0.05) is 22.5 Å². The minimum Gasteiger partial charge on any atom is -0.389 e. The normalized spacial score (nSPS) is 9.77. The Morgan fingerprint density at radius 1 is 1.46 bits per heavy atom. The molecule has 0 atom stereocenters. The van der Waals surface area contributed by atoms with Gasteiger partial charge in [0.2, 0.25) is 0 Å². The van der Waals surface area contributed by atoms with Gasteiger partial charge in [-0.3, -0.25) is 0 Å². The molecule has 0 unspecified atom stereocenters. The molecule has 0 amide bonds. The van der Waals surface area contributed by atoms with E-state index in [2.05, 4.69) is 11.1 Å². The van der Waals surface area contributed by atoms with Gasteiger partial charge in [-0.05, 0) is 0 Å². The number of hydrogen-bond donors (Lipinski definition) is 1. The molecule has 64 valence electrons. The summed E-state index contributed by atoms with van der Waals surface area (Å²) in [5.74, 6) is 0. The van der Waals surface area contributed by atoms with Crippen LogP contribution in [0.15, 0.2) is 17.0 Å². The van der Waals surface area contributed by atoms with Crippen molar-refractivity contribution in [3.05, 3.63) is 22.5 Å². The van der Waals surface area contributed by atoms with Crippen LogP contribution in [0.25, 0.3) is 10.6 Å². The van der Waals surface area contributed by atoms with Gasteiger partial charge >= 0.3 is 0 Å². The highest BCUT2D eigenvalue weighted by Gasteiger charge is 2.11. The third kappa shape index (κ3) is 1.30. The van der Waals surface area contributed by atoms with Crippen LogP contribution >= 0.6 is 22.7 Å². The van der Waals surface area contributed by atoms with E-state index in [9.17, 15) is 0 Å². The van der Waals surface area contributed by atoms with Gasteiger partial charge in [-0.15, -0.1) is 22.7 Å². The molecule has 0 bridgehead atoms. The Bertz CT molecular complexity index is 450. The van der Waals surface area contributed by atoms with E-state index in [-0.39, 0.29) is 0 Å². The Kier molecular flexibility index (Phi) is 2.00. The number of nitriles is 1. The summed E-state index contributed by atoms with van der Waals surface area (Å²) in [5.41, 5.74) is 7.02. The molecule has 0 saturated carbocycles. The average Bonchev–Trinajstić information content (AvgIpc) is 2.71. The first-order valence-corrected chi connectivity index (χ1v) is 5.26. The van der Waals surface area contributed by atoms with Crippen LogP contribution in [0.4, 0.5) is 5.00 Å². The quantitative estimate of drug-likeness (QED) is 0.780. The third-order valence-electron chi connectivity index (χ3n) is 1.59. The summed E-state index contributed by atoms with van der Waals surface area (Å²) in [6, 6.07) is 2.08. The molecule has 2 heterocycles. The first-order chi connectivity index (χ1) is 6.33. The molecule has 0 aliphatic carbocycles. The van der Waals surface area contributed by atoms with Gasteiger partial charge in [0.15, 0.2) is 0 Å². The van der Waals surface area contributed by atoms with Crippen LogP contribution in [0.5, 0.6) is 0 Å². The van der Waals surface area contributed by atoms with Crippen LogP contribution < -0.4 is 5.73 Å². The number of aromatic nitrogens is 1. The number of thiophene rings is 1. The van der Waals surface area contributed by atoms with E-state index in [1.807, 2.05) is 10.8 Å². The predicted octanol–water partition coefficient (Wildman–Crippen LogP) is 2.33. The molecule has 0 fully saturated rings. The summed E-state index contributed by atoms with van der Waals surface area (Å²) < 4.78 is 0. The van der Waals surface area contributed by atoms with Gasteiger partial charge in [-0.2, -0.15) is 5.26 Å². The number of nitrogens with zero attached hydrogens (tertiary/aromatic N) is 2. The first-order valence-electron chi connectivity index (χ1n) is 3.50. The second kappa shape index (κ2) is 3.17. The van der Waals surface area contributed by atoms with Crippen molar-refractivity contribution < 1.29 is 0 Å². The van der Waals surface area contributed by atoms with Crippen molar-refractivity contribution in [1.29, 1.82) is 5.26 Å². The summed E-state index contributed by atoms with van der Waals surface area (Å²) in [7, 11) is 0. The van der Waals surface area contributed by atoms with E-state index >= 15 is 0 Å². The third-order valence-corrected chi connectivity index (χ3v) is 3.21. The fourth-order valence-electron chi connectivity index (χ4n) is 1.00. The Morgan fingerprint density at radius 2 is 2.31 bits per heavy atom. The number of hydrogen-bond acceptors (Lipinski definition) is 5. The van der Waals surface area contributed by atoms with E-state index in [1.54, 1.807) is 6.20 Å². The van der Waals surface area contributed by atoms with Gasteiger partial charge in [-0.25, -0.2) is 4.98 Å². The second-order valence-electron chi connectivity index (χ2n) is 2.34. The zero-order chi connectivity index (χ0) is 9.26. The maximum atomic E-state index is 8.84. The van der Waals surface area contributed by atoms with Crippen molar-refractivity contribution in [2.24, 2.45) is 0 Å². The molecule has 0 saturated heterocycles. The maximum Gasteiger partial charge on any atom is 0.125 e. The van der Waals surface area contributed by atoms with Crippen molar-refractivity contribution >= 4 is 27.7 Å².